The minimum absolute atomic E-state index is 0.636. The van der Waals surface area contributed by atoms with E-state index in [2.05, 4.69) is 43.0 Å². The molecule has 0 unspecified atom stereocenters. The van der Waals surface area contributed by atoms with Crippen molar-refractivity contribution in [2.75, 3.05) is 6.61 Å². The lowest BCUT2D eigenvalue weighted by atomic mass is 10.0. The highest BCUT2D eigenvalue weighted by molar-refractivity contribution is 5.84. The van der Waals surface area contributed by atoms with Gasteiger partial charge in [0.2, 0.25) is 0 Å². The van der Waals surface area contributed by atoms with Crippen molar-refractivity contribution in [2.45, 2.75) is 32.6 Å². The summed E-state index contributed by atoms with van der Waals surface area (Å²) in [4.78, 5) is 0. The van der Waals surface area contributed by atoms with Crippen molar-refractivity contribution in [3.63, 3.8) is 0 Å². The van der Waals surface area contributed by atoms with Crippen LogP contribution in [0.5, 0.6) is 5.75 Å². The molecule has 4 rings (SSSR count). The molecule has 0 saturated carbocycles. The predicted octanol–water partition coefficient (Wildman–Crippen LogP) is 7.48. The molecule has 4 aromatic rings. The fourth-order valence-corrected chi connectivity index (χ4v) is 3.59. The second-order valence-corrected chi connectivity index (χ2v) is 8.12. The maximum absolute atomic E-state index is 13.5. The molecule has 3 heteroatoms. The Labute approximate surface area is 194 Å². The van der Waals surface area contributed by atoms with Gasteiger partial charge in [0.1, 0.15) is 5.75 Å². The van der Waals surface area contributed by atoms with E-state index in [1.165, 1.54) is 23.3 Å². The number of halogens is 2. The van der Waals surface area contributed by atoms with Crippen LogP contribution in [0.25, 0.3) is 10.8 Å². The Morgan fingerprint density at radius 3 is 1.91 bits per heavy atom. The number of benzene rings is 4. The molecule has 0 spiro atoms. The normalized spacial score (nSPS) is 10.6. The van der Waals surface area contributed by atoms with Gasteiger partial charge in [0.15, 0.2) is 11.6 Å². The maximum Gasteiger partial charge on any atom is 0.159 e. The van der Waals surface area contributed by atoms with Crippen LogP contribution in [0.3, 0.4) is 0 Å². The van der Waals surface area contributed by atoms with Crippen molar-refractivity contribution in [1.82, 2.24) is 0 Å². The summed E-state index contributed by atoms with van der Waals surface area (Å²) in [5, 5.41) is 1.29. The molecule has 0 bridgehead atoms. The molecule has 0 aliphatic heterocycles. The Hall–Kier alpha value is -3.64. The lowest BCUT2D eigenvalue weighted by Gasteiger charge is -2.07. The quantitative estimate of drug-likeness (QED) is 0.214. The van der Waals surface area contributed by atoms with Crippen LogP contribution in [0.1, 0.15) is 42.0 Å². The number of unbranched alkanes of at least 4 members (excludes halogenated alkanes) is 1. The van der Waals surface area contributed by atoms with Crippen molar-refractivity contribution in [3.8, 4) is 17.6 Å². The molecule has 0 aromatic heterocycles. The number of aryl methyl sites for hydroxylation is 2. The standard InChI is InChI=1S/C30H26F2O/c1-2-3-18-33-28-16-13-24(14-17-28)9-8-22-4-6-23(7-5-22)10-11-25-12-15-26-20-29(31)30(32)21-27(26)19-25/h4-7,12-17,19-21H,2-3,8-9,18H2,1H3. The molecular formula is C30H26F2O. The van der Waals surface area contributed by atoms with Gasteiger partial charge >= 0.3 is 0 Å². The highest BCUT2D eigenvalue weighted by atomic mass is 19.2. The number of ether oxygens (including phenoxy) is 1. The van der Waals surface area contributed by atoms with Crippen LogP contribution in [0.2, 0.25) is 0 Å². The lowest BCUT2D eigenvalue weighted by molar-refractivity contribution is 0.309. The van der Waals surface area contributed by atoms with Gasteiger partial charge in [-0.25, -0.2) is 8.78 Å². The SMILES string of the molecule is CCCCOc1ccc(CCc2ccc(C#Cc3ccc4cc(F)c(F)cc4c3)cc2)cc1. The molecule has 0 heterocycles. The Morgan fingerprint density at radius 1 is 0.667 bits per heavy atom. The zero-order chi connectivity index (χ0) is 23.0. The summed E-state index contributed by atoms with van der Waals surface area (Å²) in [5.41, 5.74) is 4.22. The van der Waals surface area contributed by atoms with Gasteiger partial charge in [-0.1, -0.05) is 55.5 Å². The van der Waals surface area contributed by atoms with Gasteiger partial charge in [-0.2, -0.15) is 0 Å². The lowest BCUT2D eigenvalue weighted by Crippen LogP contribution is -1.97. The first kappa shape index (κ1) is 22.6. The van der Waals surface area contributed by atoms with Crippen LogP contribution in [-0.2, 0) is 12.8 Å². The molecule has 166 valence electrons. The highest BCUT2D eigenvalue weighted by Gasteiger charge is 2.04. The fraction of sp³-hybridized carbons (Fsp3) is 0.200. The van der Waals surface area contributed by atoms with Gasteiger partial charge < -0.3 is 4.74 Å². The van der Waals surface area contributed by atoms with Crippen LogP contribution in [-0.4, -0.2) is 6.61 Å². The topological polar surface area (TPSA) is 9.23 Å². The number of rotatable bonds is 7. The largest absolute Gasteiger partial charge is 0.494 e. The number of hydrogen-bond donors (Lipinski definition) is 0. The second kappa shape index (κ2) is 10.8. The van der Waals surface area contributed by atoms with E-state index in [1.807, 2.05) is 30.3 Å². The monoisotopic (exact) mass is 440 g/mol. The third kappa shape index (κ3) is 6.20. The van der Waals surface area contributed by atoms with Gasteiger partial charge in [0.25, 0.3) is 0 Å². The summed E-state index contributed by atoms with van der Waals surface area (Å²) in [5.74, 6) is 5.50. The molecule has 0 saturated heterocycles. The zero-order valence-corrected chi connectivity index (χ0v) is 18.7. The number of fused-ring (bicyclic) bond motifs is 1. The minimum atomic E-state index is -0.848. The van der Waals surface area contributed by atoms with E-state index in [4.69, 9.17) is 4.74 Å². The molecule has 0 fully saturated rings. The van der Waals surface area contributed by atoms with Crippen molar-refractivity contribution in [2.24, 2.45) is 0 Å². The van der Waals surface area contributed by atoms with E-state index in [0.717, 1.165) is 49.2 Å². The van der Waals surface area contributed by atoms with Crippen molar-refractivity contribution in [1.29, 1.82) is 0 Å². The Kier molecular flexibility index (Phi) is 7.37. The first-order valence-corrected chi connectivity index (χ1v) is 11.3. The smallest absolute Gasteiger partial charge is 0.159 e. The van der Waals surface area contributed by atoms with Gasteiger partial charge in [-0.05, 0) is 89.7 Å². The van der Waals surface area contributed by atoms with Crippen LogP contribution in [0.4, 0.5) is 8.78 Å². The summed E-state index contributed by atoms with van der Waals surface area (Å²) < 4.78 is 32.6. The summed E-state index contributed by atoms with van der Waals surface area (Å²) in [6.45, 7) is 2.92. The molecule has 0 atom stereocenters. The number of hydrogen-bond acceptors (Lipinski definition) is 1. The van der Waals surface area contributed by atoms with Gasteiger partial charge in [-0.15, -0.1) is 0 Å². The molecule has 0 aliphatic carbocycles. The third-order valence-electron chi connectivity index (χ3n) is 5.58. The van der Waals surface area contributed by atoms with E-state index < -0.39 is 11.6 Å². The summed E-state index contributed by atoms with van der Waals surface area (Å²) >= 11 is 0. The first-order chi connectivity index (χ1) is 16.1. The second-order valence-electron chi connectivity index (χ2n) is 8.12. The molecule has 4 aromatic carbocycles. The Bertz CT molecular complexity index is 1280. The predicted molar refractivity (Wildman–Crippen MR) is 131 cm³/mol. The summed E-state index contributed by atoms with van der Waals surface area (Å²) in [6.07, 6.45) is 4.13. The fourth-order valence-electron chi connectivity index (χ4n) is 3.59. The van der Waals surface area contributed by atoms with Crippen LogP contribution in [0.15, 0.2) is 78.9 Å². The molecule has 0 aliphatic rings. The minimum Gasteiger partial charge on any atom is -0.494 e. The van der Waals surface area contributed by atoms with E-state index in [-0.39, 0.29) is 0 Å². The zero-order valence-electron chi connectivity index (χ0n) is 18.7. The molecule has 0 amide bonds. The van der Waals surface area contributed by atoms with Gasteiger partial charge in [0.05, 0.1) is 6.61 Å². The average molecular weight is 441 g/mol. The van der Waals surface area contributed by atoms with Crippen LogP contribution < -0.4 is 4.74 Å². The molecule has 1 nitrogen and oxygen atoms in total. The van der Waals surface area contributed by atoms with E-state index >= 15 is 0 Å². The first-order valence-electron chi connectivity index (χ1n) is 11.3. The van der Waals surface area contributed by atoms with Crippen LogP contribution in [0, 0.1) is 23.5 Å². The van der Waals surface area contributed by atoms with Crippen molar-refractivity contribution in [3.05, 3.63) is 113 Å². The summed E-state index contributed by atoms with van der Waals surface area (Å²) in [7, 11) is 0. The van der Waals surface area contributed by atoms with E-state index in [0.29, 0.717) is 10.8 Å². The molecule has 33 heavy (non-hydrogen) atoms. The Morgan fingerprint density at radius 2 is 1.24 bits per heavy atom. The Balaban J connectivity index is 1.35. The summed E-state index contributed by atoms with van der Waals surface area (Å²) in [6, 6.07) is 24.4. The maximum atomic E-state index is 13.5. The highest BCUT2D eigenvalue weighted by Crippen LogP contribution is 2.20. The van der Waals surface area contributed by atoms with Gasteiger partial charge in [0, 0.05) is 11.1 Å². The van der Waals surface area contributed by atoms with E-state index in [1.54, 1.807) is 12.1 Å². The molecule has 0 radical (unpaired) electrons. The third-order valence-corrected chi connectivity index (χ3v) is 5.58. The molecule has 0 N–H and O–H groups in total. The van der Waals surface area contributed by atoms with Crippen molar-refractivity contribution < 1.29 is 13.5 Å². The average Bonchev–Trinajstić information content (AvgIpc) is 2.84. The van der Waals surface area contributed by atoms with E-state index in [9.17, 15) is 8.78 Å². The van der Waals surface area contributed by atoms with Crippen molar-refractivity contribution >= 4 is 10.8 Å². The molecular weight excluding hydrogens is 414 g/mol. The van der Waals surface area contributed by atoms with Gasteiger partial charge in [-0.3, -0.25) is 0 Å². The van der Waals surface area contributed by atoms with Crippen LogP contribution >= 0.6 is 0 Å².